The lowest BCUT2D eigenvalue weighted by Crippen LogP contribution is -2.32. The summed E-state index contributed by atoms with van der Waals surface area (Å²) in [5.74, 6) is -0.349. The Hall–Kier alpha value is -1.52. The average molecular weight is 327 g/mol. The van der Waals surface area contributed by atoms with Crippen molar-refractivity contribution in [2.75, 3.05) is 6.61 Å². The maximum Gasteiger partial charge on any atom is 0.232 e. The second kappa shape index (κ2) is 5.60. The minimum Gasteiger partial charge on any atom is -0.394 e. The van der Waals surface area contributed by atoms with Gasteiger partial charge in [-0.3, -0.25) is 0 Å². The Bertz CT molecular complexity index is 740. The van der Waals surface area contributed by atoms with Crippen molar-refractivity contribution in [1.82, 2.24) is 15.0 Å². The largest absolute Gasteiger partial charge is 0.394 e. The van der Waals surface area contributed by atoms with Crippen LogP contribution >= 0.6 is 12.2 Å². The molecule has 1 unspecified atom stereocenters. The van der Waals surface area contributed by atoms with Crippen molar-refractivity contribution in [2.45, 2.75) is 31.3 Å². The molecule has 3 rings (SSSR count). The van der Waals surface area contributed by atoms with Crippen LogP contribution in [0.1, 0.15) is 17.4 Å². The van der Waals surface area contributed by atoms with Gasteiger partial charge in [-0.25, -0.2) is 9.97 Å². The number of nitrogens with one attached hydrogen (secondary N) is 1. The topological polar surface area (TPSA) is 111 Å². The number of hydrogen-bond acceptors (Lipinski definition) is 7. The van der Waals surface area contributed by atoms with Crippen LogP contribution in [0.3, 0.4) is 0 Å². The molecule has 7 nitrogen and oxygen atoms in total. The number of halogens is 1. The highest BCUT2D eigenvalue weighted by atomic mass is 32.1. The molecule has 0 spiro atoms. The van der Waals surface area contributed by atoms with E-state index in [0.717, 1.165) is 0 Å². The maximum absolute atomic E-state index is 13.6. The van der Waals surface area contributed by atoms with Crippen LogP contribution in [-0.4, -0.2) is 55.2 Å². The van der Waals surface area contributed by atoms with E-state index in [1.165, 1.54) is 13.0 Å². The maximum atomic E-state index is 13.6. The molecular formula is C13H14FN3O4S. The molecule has 118 valence electrons. The number of pyridine rings is 1. The summed E-state index contributed by atoms with van der Waals surface area (Å²) in [5.41, 5.74) is 0.772. The van der Waals surface area contributed by atoms with E-state index in [9.17, 15) is 14.6 Å². The molecule has 0 aromatic carbocycles. The Morgan fingerprint density at radius 2 is 2.09 bits per heavy atom. The molecule has 0 aromatic rings. The van der Waals surface area contributed by atoms with Gasteiger partial charge in [0.1, 0.15) is 34.8 Å². The Morgan fingerprint density at radius 1 is 1.36 bits per heavy atom. The quantitative estimate of drug-likeness (QED) is 0.585. The fraction of sp³-hybridized carbons (Fsp3) is 0.462. The summed E-state index contributed by atoms with van der Waals surface area (Å²) in [6.07, 6.45) is -4.38. The Kier molecular flexibility index (Phi) is 3.91. The summed E-state index contributed by atoms with van der Waals surface area (Å²) in [6.45, 7) is 1.08. The first kappa shape index (κ1) is 15.4. The van der Waals surface area contributed by atoms with Crippen molar-refractivity contribution in [3.63, 3.8) is 0 Å². The molecule has 0 saturated carbocycles. The van der Waals surface area contributed by atoms with Crippen LogP contribution in [0.5, 0.6) is 0 Å². The lowest BCUT2D eigenvalue weighted by molar-refractivity contribution is -0.0229. The van der Waals surface area contributed by atoms with Crippen LogP contribution in [0.2, 0.25) is 0 Å². The van der Waals surface area contributed by atoms with Gasteiger partial charge < -0.3 is 25.0 Å². The standard InChI is InChI=1S/C13H14FN3O4S/c1-4-11(14)16-6-2-5(13(22)17-12(6)15-4)10-9(20)8(19)7(3-18)21-10/h2,7-10,18-20H,3H2,1H3,(H,15,17,22)/t7-,8?,9+,10+/m1/s1. The van der Waals surface area contributed by atoms with Crippen molar-refractivity contribution in [3.8, 4) is 11.5 Å². The molecule has 22 heavy (non-hydrogen) atoms. The van der Waals surface area contributed by atoms with Gasteiger partial charge in [0.2, 0.25) is 5.95 Å². The normalized spacial score (nSPS) is 28.4. The molecule has 3 heterocycles. The van der Waals surface area contributed by atoms with Gasteiger partial charge in [-0.15, -0.1) is 0 Å². The Morgan fingerprint density at radius 3 is 2.73 bits per heavy atom. The fourth-order valence-electron chi connectivity index (χ4n) is 2.46. The molecule has 1 fully saturated rings. The predicted molar refractivity (Wildman–Crippen MR) is 75.2 cm³/mol. The van der Waals surface area contributed by atoms with E-state index in [2.05, 4.69) is 15.0 Å². The second-order valence-electron chi connectivity index (χ2n) is 5.16. The highest BCUT2D eigenvalue weighted by Gasteiger charge is 2.43. The third-order valence-corrected chi connectivity index (χ3v) is 4.00. The summed E-state index contributed by atoms with van der Waals surface area (Å²) in [7, 11) is 0. The lowest BCUT2D eigenvalue weighted by Gasteiger charge is -2.16. The second-order valence-corrected chi connectivity index (χ2v) is 5.55. The van der Waals surface area contributed by atoms with E-state index in [-0.39, 0.29) is 16.0 Å². The highest BCUT2D eigenvalue weighted by Crippen LogP contribution is 2.35. The van der Waals surface area contributed by atoms with Gasteiger partial charge in [0.25, 0.3) is 0 Å². The number of H-pyrrole nitrogens is 1. The Labute approximate surface area is 129 Å². The van der Waals surface area contributed by atoms with Crippen LogP contribution in [-0.2, 0) is 4.74 Å². The van der Waals surface area contributed by atoms with E-state index >= 15 is 0 Å². The van der Waals surface area contributed by atoms with Crippen LogP contribution in [0, 0.1) is 17.5 Å². The average Bonchev–Trinajstić information content (AvgIpc) is 2.76. The number of ether oxygens (including phenoxy) is 1. The fourth-order valence-corrected chi connectivity index (χ4v) is 2.72. The zero-order valence-corrected chi connectivity index (χ0v) is 12.3. The summed E-state index contributed by atoms with van der Waals surface area (Å²) in [5, 5.41) is 29.0. The molecule has 9 heteroatoms. The first-order valence-corrected chi connectivity index (χ1v) is 7.02. The lowest BCUT2D eigenvalue weighted by atomic mass is 10.0. The molecule has 0 bridgehead atoms. The number of nitrogens with zero attached hydrogens (tertiary/aromatic N) is 2. The van der Waals surface area contributed by atoms with E-state index in [1.807, 2.05) is 0 Å². The summed E-state index contributed by atoms with van der Waals surface area (Å²) in [4.78, 5) is 10.7. The summed E-state index contributed by atoms with van der Waals surface area (Å²) in [6, 6.07) is 1.46. The monoisotopic (exact) mass is 327 g/mol. The van der Waals surface area contributed by atoms with Gasteiger partial charge in [-0.1, -0.05) is 12.2 Å². The number of fused-ring (bicyclic) bond motifs is 1. The van der Waals surface area contributed by atoms with Crippen LogP contribution in [0.15, 0.2) is 6.07 Å². The third-order valence-electron chi connectivity index (χ3n) is 3.68. The minimum atomic E-state index is -1.27. The molecule has 4 atom stereocenters. The summed E-state index contributed by atoms with van der Waals surface area (Å²) < 4.78 is 19.1. The number of rotatable bonds is 2. The van der Waals surface area contributed by atoms with Crippen molar-refractivity contribution in [2.24, 2.45) is 0 Å². The van der Waals surface area contributed by atoms with Crippen molar-refractivity contribution < 1.29 is 24.4 Å². The molecule has 1 saturated heterocycles. The number of aromatic amines is 1. The molecular weight excluding hydrogens is 313 g/mol. The van der Waals surface area contributed by atoms with Crippen molar-refractivity contribution in [1.29, 1.82) is 0 Å². The highest BCUT2D eigenvalue weighted by molar-refractivity contribution is 7.71. The van der Waals surface area contributed by atoms with E-state index in [1.54, 1.807) is 0 Å². The number of aromatic nitrogens is 3. The van der Waals surface area contributed by atoms with E-state index in [0.29, 0.717) is 11.4 Å². The molecule has 3 aliphatic rings. The van der Waals surface area contributed by atoms with Gasteiger partial charge in [0.05, 0.1) is 12.3 Å². The third kappa shape index (κ3) is 2.40. The molecule has 0 aliphatic carbocycles. The summed E-state index contributed by atoms with van der Waals surface area (Å²) >= 11 is 5.17. The van der Waals surface area contributed by atoms with Crippen LogP contribution in [0.4, 0.5) is 4.39 Å². The molecule has 3 aliphatic heterocycles. The van der Waals surface area contributed by atoms with Gasteiger partial charge in [0.15, 0.2) is 5.82 Å². The van der Waals surface area contributed by atoms with Crippen LogP contribution < -0.4 is 0 Å². The molecule has 4 N–H and O–H groups in total. The van der Waals surface area contributed by atoms with Gasteiger partial charge in [-0.2, -0.15) is 4.39 Å². The number of aryl methyl sites for hydroxylation is 1. The molecule has 0 aromatic heterocycles. The molecule has 0 amide bonds. The minimum absolute atomic E-state index is 0.145. The van der Waals surface area contributed by atoms with Gasteiger partial charge in [-0.05, 0) is 13.0 Å². The van der Waals surface area contributed by atoms with Crippen LogP contribution in [0.25, 0.3) is 11.5 Å². The zero-order valence-electron chi connectivity index (χ0n) is 11.5. The predicted octanol–water partition coefficient (Wildman–Crippen LogP) is 0.241. The number of aliphatic hydroxyl groups excluding tert-OH is 3. The number of aliphatic hydroxyl groups is 3. The zero-order chi connectivity index (χ0) is 16.0. The van der Waals surface area contributed by atoms with Gasteiger partial charge >= 0.3 is 0 Å². The van der Waals surface area contributed by atoms with Gasteiger partial charge in [0, 0.05) is 5.56 Å². The first-order valence-electron chi connectivity index (χ1n) is 6.62. The van der Waals surface area contributed by atoms with Crippen molar-refractivity contribution in [3.05, 3.63) is 27.9 Å². The smallest absolute Gasteiger partial charge is 0.232 e. The van der Waals surface area contributed by atoms with E-state index < -0.39 is 37.0 Å². The Balaban J connectivity index is 2.09. The first-order chi connectivity index (χ1) is 10.4. The molecule has 0 radical (unpaired) electrons. The van der Waals surface area contributed by atoms with Crippen molar-refractivity contribution >= 4 is 12.2 Å². The van der Waals surface area contributed by atoms with E-state index in [4.69, 9.17) is 22.1 Å². The number of hydrogen-bond donors (Lipinski definition) is 4. The SMILES string of the molecule is Cc1[nH]c2nc(=S)c([C@@H]3O[C@H](CO)C(O)[C@@H]3O)cc-2nc1F.